The summed E-state index contributed by atoms with van der Waals surface area (Å²) in [4.78, 5) is 8.70. The standard InChI is InChI=1S/C17H26N6O2/c1-18-16(20-12-17(6-4-7-17)8-10-24-2)19-11-14-21-15(23-22-14)13-5-3-9-25-13/h3,5,9H,4,6-8,10-12H2,1-2H3,(H2,18,19,20)(H,21,22,23). The molecule has 0 unspecified atom stereocenters. The van der Waals surface area contributed by atoms with Crippen LogP contribution in [0.25, 0.3) is 11.6 Å². The van der Waals surface area contributed by atoms with Gasteiger partial charge in [-0.3, -0.25) is 10.1 Å². The lowest BCUT2D eigenvalue weighted by atomic mass is 9.67. The molecule has 2 aromatic heterocycles. The van der Waals surface area contributed by atoms with Gasteiger partial charge < -0.3 is 19.8 Å². The minimum atomic E-state index is 0.340. The van der Waals surface area contributed by atoms with Crippen LogP contribution in [0.1, 0.15) is 31.5 Å². The number of guanidine groups is 1. The van der Waals surface area contributed by atoms with Crippen LogP contribution in [-0.2, 0) is 11.3 Å². The zero-order valence-corrected chi connectivity index (χ0v) is 14.8. The Morgan fingerprint density at radius 1 is 1.44 bits per heavy atom. The molecule has 3 rings (SSSR count). The van der Waals surface area contributed by atoms with Crippen LogP contribution in [0.15, 0.2) is 27.8 Å². The van der Waals surface area contributed by atoms with Gasteiger partial charge in [-0.05, 0) is 36.8 Å². The van der Waals surface area contributed by atoms with Gasteiger partial charge in [0.15, 0.2) is 11.7 Å². The number of furan rings is 1. The van der Waals surface area contributed by atoms with Crippen molar-refractivity contribution >= 4 is 5.96 Å². The van der Waals surface area contributed by atoms with Crippen molar-refractivity contribution in [2.75, 3.05) is 27.3 Å². The third kappa shape index (κ3) is 4.39. The number of aromatic nitrogens is 3. The van der Waals surface area contributed by atoms with Crippen molar-refractivity contribution in [1.82, 2.24) is 25.8 Å². The van der Waals surface area contributed by atoms with E-state index in [1.165, 1.54) is 19.3 Å². The van der Waals surface area contributed by atoms with Crippen LogP contribution >= 0.6 is 0 Å². The lowest BCUT2D eigenvalue weighted by molar-refractivity contribution is 0.0732. The summed E-state index contributed by atoms with van der Waals surface area (Å²) < 4.78 is 10.5. The molecule has 2 aromatic rings. The second-order valence-corrected chi connectivity index (χ2v) is 6.46. The summed E-state index contributed by atoms with van der Waals surface area (Å²) in [6, 6.07) is 3.65. The Labute approximate surface area is 147 Å². The van der Waals surface area contributed by atoms with Crippen LogP contribution in [0.3, 0.4) is 0 Å². The molecule has 1 aliphatic rings. The average molecular weight is 346 g/mol. The Morgan fingerprint density at radius 3 is 2.96 bits per heavy atom. The Balaban J connectivity index is 1.48. The molecule has 25 heavy (non-hydrogen) atoms. The van der Waals surface area contributed by atoms with Crippen LogP contribution in [0.2, 0.25) is 0 Å². The van der Waals surface area contributed by atoms with E-state index in [0.29, 0.717) is 23.5 Å². The van der Waals surface area contributed by atoms with Gasteiger partial charge in [0.1, 0.15) is 5.82 Å². The first kappa shape index (κ1) is 17.5. The van der Waals surface area contributed by atoms with Crippen molar-refractivity contribution in [3.63, 3.8) is 0 Å². The Bertz CT molecular complexity index is 675. The third-order valence-electron chi connectivity index (χ3n) is 4.80. The van der Waals surface area contributed by atoms with E-state index in [4.69, 9.17) is 9.15 Å². The predicted octanol–water partition coefficient (Wildman–Crippen LogP) is 1.94. The van der Waals surface area contributed by atoms with E-state index in [0.717, 1.165) is 31.4 Å². The molecule has 0 radical (unpaired) electrons. The van der Waals surface area contributed by atoms with E-state index in [-0.39, 0.29) is 0 Å². The number of ether oxygens (including phenoxy) is 1. The zero-order chi connectivity index (χ0) is 17.5. The van der Waals surface area contributed by atoms with Gasteiger partial charge in [0, 0.05) is 27.3 Å². The molecule has 8 heteroatoms. The number of H-pyrrole nitrogens is 1. The van der Waals surface area contributed by atoms with Crippen LogP contribution < -0.4 is 10.6 Å². The SMILES string of the molecule is CN=C(NCc1nc(-c2ccco2)n[nH]1)NCC1(CCOC)CCC1. The molecule has 1 aliphatic carbocycles. The Morgan fingerprint density at radius 2 is 2.32 bits per heavy atom. The van der Waals surface area contributed by atoms with Gasteiger partial charge >= 0.3 is 0 Å². The van der Waals surface area contributed by atoms with Crippen molar-refractivity contribution in [3.05, 3.63) is 24.2 Å². The van der Waals surface area contributed by atoms with E-state index >= 15 is 0 Å². The number of rotatable bonds is 8. The summed E-state index contributed by atoms with van der Waals surface area (Å²) in [7, 11) is 3.53. The van der Waals surface area contributed by atoms with Crippen molar-refractivity contribution in [2.24, 2.45) is 10.4 Å². The number of nitrogens with one attached hydrogen (secondary N) is 3. The highest BCUT2D eigenvalue weighted by Gasteiger charge is 2.36. The molecule has 0 amide bonds. The van der Waals surface area contributed by atoms with Crippen LogP contribution in [0.5, 0.6) is 0 Å². The van der Waals surface area contributed by atoms with Crippen molar-refractivity contribution in [2.45, 2.75) is 32.2 Å². The molecule has 0 aliphatic heterocycles. The maximum absolute atomic E-state index is 5.29. The molecular formula is C17H26N6O2. The summed E-state index contributed by atoms with van der Waals surface area (Å²) in [5, 5.41) is 13.8. The van der Waals surface area contributed by atoms with Gasteiger partial charge in [-0.2, -0.15) is 0 Å². The highest BCUT2D eigenvalue weighted by molar-refractivity contribution is 5.79. The smallest absolute Gasteiger partial charge is 0.216 e. The van der Waals surface area contributed by atoms with Crippen LogP contribution in [0.4, 0.5) is 0 Å². The number of nitrogens with zero attached hydrogens (tertiary/aromatic N) is 3. The first-order valence-electron chi connectivity index (χ1n) is 8.63. The number of hydrogen-bond donors (Lipinski definition) is 3. The maximum atomic E-state index is 5.29. The molecular weight excluding hydrogens is 320 g/mol. The monoisotopic (exact) mass is 346 g/mol. The van der Waals surface area contributed by atoms with Gasteiger partial charge in [0.05, 0.1) is 12.8 Å². The second kappa shape index (κ2) is 8.15. The largest absolute Gasteiger partial charge is 0.461 e. The summed E-state index contributed by atoms with van der Waals surface area (Å²) >= 11 is 0. The third-order valence-corrected chi connectivity index (χ3v) is 4.80. The topological polar surface area (TPSA) is 100 Å². The van der Waals surface area contributed by atoms with E-state index in [9.17, 15) is 0 Å². The summed E-state index contributed by atoms with van der Waals surface area (Å²) in [6.07, 6.45) is 6.48. The minimum absolute atomic E-state index is 0.340. The number of methoxy groups -OCH3 is 1. The number of aliphatic imine (C=N–C) groups is 1. The fourth-order valence-corrected chi connectivity index (χ4v) is 3.06. The Kier molecular flexibility index (Phi) is 5.70. The molecule has 0 atom stereocenters. The fourth-order valence-electron chi connectivity index (χ4n) is 3.06. The summed E-state index contributed by atoms with van der Waals surface area (Å²) in [6.45, 7) is 2.23. The molecule has 1 saturated carbocycles. The zero-order valence-electron chi connectivity index (χ0n) is 14.8. The van der Waals surface area contributed by atoms with Gasteiger partial charge in [-0.1, -0.05) is 6.42 Å². The molecule has 2 heterocycles. The van der Waals surface area contributed by atoms with E-state index in [2.05, 4.69) is 30.8 Å². The molecule has 1 fully saturated rings. The highest BCUT2D eigenvalue weighted by atomic mass is 16.5. The van der Waals surface area contributed by atoms with E-state index < -0.39 is 0 Å². The van der Waals surface area contributed by atoms with Gasteiger partial charge in [-0.25, -0.2) is 4.98 Å². The highest BCUT2D eigenvalue weighted by Crippen LogP contribution is 2.43. The summed E-state index contributed by atoms with van der Waals surface area (Å²) in [5.74, 6) is 2.69. The average Bonchev–Trinajstić information content (AvgIpc) is 3.27. The van der Waals surface area contributed by atoms with Crippen molar-refractivity contribution in [3.8, 4) is 11.6 Å². The lowest BCUT2D eigenvalue weighted by Crippen LogP contribution is -2.46. The van der Waals surface area contributed by atoms with E-state index in [1.807, 2.05) is 12.1 Å². The molecule has 136 valence electrons. The van der Waals surface area contributed by atoms with Gasteiger partial charge in [0.2, 0.25) is 5.82 Å². The molecule has 0 saturated heterocycles. The minimum Gasteiger partial charge on any atom is -0.461 e. The quantitative estimate of drug-likeness (QED) is 0.499. The first-order chi connectivity index (χ1) is 12.2. The van der Waals surface area contributed by atoms with Crippen molar-refractivity contribution < 1.29 is 9.15 Å². The number of aromatic amines is 1. The van der Waals surface area contributed by atoms with E-state index in [1.54, 1.807) is 20.4 Å². The lowest BCUT2D eigenvalue weighted by Gasteiger charge is -2.42. The molecule has 0 aromatic carbocycles. The van der Waals surface area contributed by atoms with Crippen molar-refractivity contribution in [1.29, 1.82) is 0 Å². The number of hydrogen-bond acceptors (Lipinski definition) is 5. The maximum Gasteiger partial charge on any atom is 0.216 e. The predicted molar refractivity (Wildman–Crippen MR) is 95.1 cm³/mol. The summed E-state index contributed by atoms with van der Waals surface area (Å²) in [5.41, 5.74) is 0.340. The molecule has 3 N–H and O–H groups in total. The normalized spacial score (nSPS) is 16.5. The second-order valence-electron chi connectivity index (χ2n) is 6.46. The fraction of sp³-hybridized carbons (Fsp3) is 0.588. The van der Waals surface area contributed by atoms with Gasteiger partial charge in [0.25, 0.3) is 0 Å². The first-order valence-corrected chi connectivity index (χ1v) is 8.63. The van der Waals surface area contributed by atoms with Crippen LogP contribution in [0, 0.1) is 5.41 Å². The van der Waals surface area contributed by atoms with Crippen LogP contribution in [-0.4, -0.2) is 48.5 Å². The molecule has 0 spiro atoms. The Hall–Kier alpha value is -2.35. The van der Waals surface area contributed by atoms with Gasteiger partial charge in [-0.15, -0.1) is 5.10 Å². The molecule has 8 nitrogen and oxygen atoms in total. The molecule has 0 bridgehead atoms.